The number of aromatic nitrogens is 4. The minimum Gasteiger partial charge on any atom is -0.372 e. The first-order chi connectivity index (χ1) is 15.8. The Hall–Kier alpha value is -2.55. The molecule has 0 spiro atoms. The number of hydrogen-bond acceptors (Lipinski definition) is 6. The highest BCUT2D eigenvalue weighted by Gasteiger charge is 2.57. The van der Waals surface area contributed by atoms with Gasteiger partial charge in [0.1, 0.15) is 5.60 Å². The zero-order valence-electron chi connectivity index (χ0n) is 19.2. The maximum absolute atomic E-state index is 6.48. The molecule has 0 unspecified atom stereocenters. The van der Waals surface area contributed by atoms with Gasteiger partial charge in [0.05, 0.1) is 5.41 Å². The van der Waals surface area contributed by atoms with Crippen molar-refractivity contribution in [2.75, 3.05) is 20.7 Å². The fraction of sp³-hybridized carbons (Fsp3) is 0.400. The third-order valence-corrected chi connectivity index (χ3v) is 7.99. The van der Waals surface area contributed by atoms with Crippen LogP contribution < -0.4 is 0 Å². The van der Waals surface area contributed by atoms with Gasteiger partial charge in [-0.2, -0.15) is 4.98 Å². The predicted molar refractivity (Wildman–Crippen MR) is 129 cm³/mol. The summed E-state index contributed by atoms with van der Waals surface area (Å²) in [7, 11) is 6.14. The number of benzene rings is 1. The highest BCUT2D eigenvalue weighted by Crippen LogP contribution is 2.53. The standard InChI is InChI=1S/C25H26BrN5O2/c1-24(23-28-22(29-33-23)15-8-17(26)11-27-10-15)13-25(32-4)18-6-5-7-19-21(18)16(12-30(19)2)9-20(25)31(3)14-24/h5-8,10-12,20H,9,13-14H2,1-4H3/t20-,24+,25+/m1/s1. The lowest BCUT2D eigenvalue weighted by Crippen LogP contribution is -2.63. The van der Waals surface area contributed by atoms with Gasteiger partial charge in [-0.15, -0.1) is 0 Å². The molecule has 8 heteroatoms. The summed E-state index contributed by atoms with van der Waals surface area (Å²) in [5, 5.41) is 5.62. The summed E-state index contributed by atoms with van der Waals surface area (Å²) < 4.78 is 15.5. The molecule has 7 nitrogen and oxygen atoms in total. The van der Waals surface area contributed by atoms with Crippen molar-refractivity contribution in [2.45, 2.75) is 36.8 Å². The number of methoxy groups -OCH3 is 1. The molecule has 4 aromatic rings. The lowest BCUT2D eigenvalue weighted by Gasteiger charge is -2.55. The first-order valence-electron chi connectivity index (χ1n) is 11.1. The molecule has 170 valence electrons. The quantitative estimate of drug-likeness (QED) is 0.408. The van der Waals surface area contributed by atoms with Gasteiger partial charge < -0.3 is 13.8 Å². The van der Waals surface area contributed by atoms with Gasteiger partial charge in [0, 0.05) is 66.3 Å². The third kappa shape index (κ3) is 2.97. The van der Waals surface area contributed by atoms with Crippen LogP contribution in [0.1, 0.15) is 30.4 Å². The summed E-state index contributed by atoms with van der Waals surface area (Å²) in [4.78, 5) is 11.5. The average Bonchev–Trinajstić information content (AvgIpc) is 3.42. The molecule has 33 heavy (non-hydrogen) atoms. The molecule has 3 aromatic heterocycles. The van der Waals surface area contributed by atoms with Crippen LogP contribution in [-0.4, -0.2) is 51.3 Å². The zero-order chi connectivity index (χ0) is 23.0. The Bertz CT molecular complexity index is 1380. The number of rotatable bonds is 3. The molecule has 0 amide bonds. The van der Waals surface area contributed by atoms with E-state index in [0.29, 0.717) is 11.7 Å². The highest BCUT2D eigenvalue weighted by atomic mass is 79.9. The van der Waals surface area contributed by atoms with Crippen molar-refractivity contribution in [1.82, 2.24) is 24.6 Å². The molecule has 3 atom stereocenters. The van der Waals surface area contributed by atoms with Crippen molar-refractivity contribution < 1.29 is 9.26 Å². The smallest absolute Gasteiger partial charge is 0.234 e. The third-order valence-electron chi connectivity index (χ3n) is 7.55. The second-order valence-electron chi connectivity index (χ2n) is 9.75. The molecule has 0 radical (unpaired) electrons. The second-order valence-corrected chi connectivity index (χ2v) is 10.7. The lowest BCUT2D eigenvalue weighted by molar-refractivity contribution is -0.134. The molecule has 2 aliphatic rings. The monoisotopic (exact) mass is 507 g/mol. The SMILES string of the molecule is CO[C@]12C[C@](C)(c3nc(-c4cncc(Br)c4)no3)CN(C)[C@@H]1Cc1cn(C)c3cccc2c13. The van der Waals surface area contributed by atoms with Crippen LogP contribution in [0.4, 0.5) is 0 Å². The summed E-state index contributed by atoms with van der Waals surface area (Å²) in [6, 6.07) is 8.73. The normalized spacial score (nSPS) is 27.1. The minimum absolute atomic E-state index is 0.229. The van der Waals surface area contributed by atoms with Gasteiger partial charge in [-0.05, 0) is 66.0 Å². The van der Waals surface area contributed by atoms with E-state index in [1.54, 1.807) is 12.4 Å². The van der Waals surface area contributed by atoms with Crippen LogP contribution in [0.25, 0.3) is 22.3 Å². The Morgan fingerprint density at radius 1 is 1.24 bits per heavy atom. The van der Waals surface area contributed by atoms with Gasteiger partial charge >= 0.3 is 0 Å². The number of ether oxygens (including phenoxy) is 1. The van der Waals surface area contributed by atoms with E-state index in [-0.39, 0.29) is 11.5 Å². The van der Waals surface area contributed by atoms with E-state index >= 15 is 0 Å². The molecule has 6 rings (SSSR count). The Morgan fingerprint density at radius 2 is 2.09 bits per heavy atom. The summed E-state index contributed by atoms with van der Waals surface area (Å²) in [5.41, 5.74) is 3.86. The molecule has 1 aliphatic carbocycles. The van der Waals surface area contributed by atoms with Crippen LogP contribution in [0.5, 0.6) is 0 Å². The van der Waals surface area contributed by atoms with Crippen molar-refractivity contribution in [3.63, 3.8) is 0 Å². The Morgan fingerprint density at radius 3 is 2.88 bits per heavy atom. The lowest BCUT2D eigenvalue weighted by atomic mass is 9.64. The summed E-state index contributed by atoms with van der Waals surface area (Å²) >= 11 is 3.47. The summed E-state index contributed by atoms with van der Waals surface area (Å²) in [6.07, 6.45) is 7.47. The van der Waals surface area contributed by atoms with Gasteiger partial charge in [-0.1, -0.05) is 17.3 Å². The molecule has 1 aliphatic heterocycles. The number of likely N-dealkylation sites (N-methyl/N-ethyl adjacent to an activating group) is 1. The van der Waals surface area contributed by atoms with E-state index in [1.165, 1.54) is 22.0 Å². The number of hydrogen-bond donors (Lipinski definition) is 0. The predicted octanol–water partition coefficient (Wildman–Crippen LogP) is 4.45. The summed E-state index contributed by atoms with van der Waals surface area (Å²) in [6.45, 7) is 3.01. The number of piperidine rings is 1. The van der Waals surface area contributed by atoms with Crippen LogP contribution in [0, 0.1) is 0 Å². The van der Waals surface area contributed by atoms with Crippen LogP contribution in [0.15, 0.2) is 51.9 Å². The molecule has 0 bridgehead atoms. The number of halogens is 1. The molecule has 1 aromatic carbocycles. The van der Waals surface area contributed by atoms with Crippen molar-refractivity contribution in [2.24, 2.45) is 7.05 Å². The van der Waals surface area contributed by atoms with Gasteiger partial charge in [-0.3, -0.25) is 9.88 Å². The van der Waals surface area contributed by atoms with Crippen LogP contribution >= 0.6 is 15.9 Å². The number of fused-ring (bicyclic) bond motifs is 2. The van der Waals surface area contributed by atoms with Gasteiger partial charge in [0.25, 0.3) is 0 Å². The zero-order valence-corrected chi connectivity index (χ0v) is 20.8. The van der Waals surface area contributed by atoms with E-state index in [9.17, 15) is 0 Å². The molecular weight excluding hydrogens is 482 g/mol. The van der Waals surface area contributed by atoms with E-state index in [0.717, 1.165) is 29.4 Å². The number of nitrogens with zero attached hydrogens (tertiary/aromatic N) is 5. The Labute approximate surface area is 200 Å². The molecule has 1 fully saturated rings. The minimum atomic E-state index is -0.471. The molecule has 0 N–H and O–H groups in total. The first kappa shape index (κ1) is 21.0. The molecule has 0 saturated carbocycles. The fourth-order valence-corrected chi connectivity index (χ4v) is 6.57. The Balaban J connectivity index is 1.47. The van der Waals surface area contributed by atoms with Crippen molar-refractivity contribution in [3.8, 4) is 11.4 Å². The molecule has 4 heterocycles. The fourth-order valence-electron chi connectivity index (χ4n) is 6.20. The van der Waals surface area contributed by atoms with Crippen LogP contribution in [0.2, 0.25) is 0 Å². The van der Waals surface area contributed by atoms with E-state index in [1.807, 2.05) is 13.2 Å². The van der Waals surface area contributed by atoms with Gasteiger partial charge in [0.15, 0.2) is 0 Å². The van der Waals surface area contributed by atoms with E-state index < -0.39 is 5.60 Å². The van der Waals surface area contributed by atoms with Crippen molar-refractivity contribution in [1.29, 1.82) is 0 Å². The van der Waals surface area contributed by atoms with Crippen LogP contribution in [0.3, 0.4) is 0 Å². The topological polar surface area (TPSA) is 69.2 Å². The first-order valence-corrected chi connectivity index (χ1v) is 11.9. The Kier molecular flexibility index (Phi) is 4.60. The van der Waals surface area contributed by atoms with E-state index in [2.05, 4.69) is 81.0 Å². The van der Waals surface area contributed by atoms with Crippen molar-refractivity contribution >= 4 is 26.8 Å². The number of pyridine rings is 1. The number of aryl methyl sites for hydroxylation is 1. The molecular formula is C25H26BrN5O2. The van der Waals surface area contributed by atoms with Gasteiger partial charge in [-0.25, -0.2) is 0 Å². The molecule has 1 saturated heterocycles. The summed E-state index contributed by atoms with van der Waals surface area (Å²) in [5.74, 6) is 1.18. The van der Waals surface area contributed by atoms with Crippen LogP contribution in [-0.2, 0) is 29.2 Å². The average molecular weight is 508 g/mol. The van der Waals surface area contributed by atoms with Gasteiger partial charge in [0.2, 0.25) is 11.7 Å². The number of likely N-dealkylation sites (tertiary alicyclic amines) is 1. The van der Waals surface area contributed by atoms with Crippen molar-refractivity contribution in [3.05, 3.63) is 64.3 Å². The van der Waals surface area contributed by atoms with E-state index in [4.69, 9.17) is 14.2 Å². The maximum atomic E-state index is 6.48. The second kappa shape index (κ2) is 7.22. The maximum Gasteiger partial charge on any atom is 0.234 e. The highest BCUT2D eigenvalue weighted by molar-refractivity contribution is 9.10. The largest absolute Gasteiger partial charge is 0.372 e.